The fourth-order valence-corrected chi connectivity index (χ4v) is 3.13. The first-order valence-corrected chi connectivity index (χ1v) is 8.64. The lowest BCUT2D eigenvalue weighted by atomic mass is 10.0. The molecule has 0 saturated carbocycles. The molecular formula is C21H18N4O2. The summed E-state index contributed by atoms with van der Waals surface area (Å²) in [6, 6.07) is 16.8. The zero-order valence-corrected chi connectivity index (χ0v) is 15.0. The zero-order chi connectivity index (χ0) is 18.8. The standard InChI is InChI=1S/C21H18N4O2/c1-13-12-16(18-14(2)25-27-21(18)23-13)20(26)24-19(15-8-4-3-5-9-15)17-10-6-7-11-22-17/h3-12,19H,1-2H3,(H,24,26)/t19-/m1/s1. The van der Waals surface area contributed by atoms with Crippen LogP contribution in [0.3, 0.4) is 0 Å². The van der Waals surface area contributed by atoms with Crippen LogP contribution < -0.4 is 5.32 Å². The molecule has 27 heavy (non-hydrogen) atoms. The van der Waals surface area contributed by atoms with E-state index in [9.17, 15) is 4.79 Å². The molecular weight excluding hydrogens is 340 g/mol. The molecule has 0 aliphatic heterocycles. The molecule has 1 N–H and O–H groups in total. The number of nitrogens with zero attached hydrogens (tertiary/aromatic N) is 3. The van der Waals surface area contributed by atoms with Gasteiger partial charge in [-0.3, -0.25) is 9.78 Å². The van der Waals surface area contributed by atoms with E-state index in [0.717, 1.165) is 11.3 Å². The van der Waals surface area contributed by atoms with Gasteiger partial charge in [-0.05, 0) is 37.6 Å². The van der Waals surface area contributed by atoms with Gasteiger partial charge < -0.3 is 9.84 Å². The lowest BCUT2D eigenvalue weighted by molar-refractivity contribution is 0.0943. The van der Waals surface area contributed by atoms with Gasteiger partial charge >= 0.3 is 0 Å². The number of hydrogen-bond donors (Lipinski definition) is 1. The number of aryl methyl sites for hydroxylation is 2. The summed E-state index contributed by atoms with van der Waals surface area (Å²) in [4.78, 5) is 21.9. The van der Waals surface area contributed by atoms with Crippen molar-refractivity contribution in [3.63, 3.8) is 0 Å². The topological polar surface area (TPSA) is 80.9 Å². The van der Waals surface area contributed by atoms with Crippen LogP contribution in [-0.4, -0.2) is 21.0 Å². The van der Waals surface area contributed by atoms with Gasteiger partial charge in [0.15, 0.2) is 0 Å². The molecule has 1 amide bonds. The molecule has 3 heterocycles. The van der Waals surface area contributed by atoms with Crippen molar-refractivity contribution in [3.05, 3.63) is 89.0 Å². The highest BCUT2D eigenvalue weighted by atomic mass is 16.5. The lowest BCUT2D eigenvalue weighted by Gasteiger charge is -2.19. The number of fused-ring (bicyclic) bond motifs is 1. The Morgan fingerprint density at radius 3 is 2.59 bits per heavy atom. The number of pyridine rings is 2. The third-order valence-electron chi connectivity index (χ3n) is 4.38. The normalized spacial score (nSPS) is 12.1. The van der Waals surface area contributed by atoms with E-state index in [1.54, 1.807) is 19.2 Å². The van der Waals surface area contributed by atoms with Gasteiger partial charge in [0.1, 0.15) is 0 Å². The van der Waals surface area contributed by atoms with Crippen molar-refractivity contribution in [2.75, 3.05) is 0 Å². The molecule has 4 aromatic rings. The second-order valence-corrected chi connectivity index (χ2v) is 6.33. The molecule has 4 rings (SSSR count). The summed E-state index contributed by atoms with van der Waals surface area (Å²) in [6.45, 7) is 3.62. The van der Waals surface area contributed by atoms with Crippen molar-refractivity contribution in [1.29, 1.82) is 0 Å². The van der Waals surface area contributed by atoms with Crippen LogP contribution >= 0.6 is 0 Å². The molecule has 1 atom stereocenters. The van der Waals surface area contributed by atoms with Gasteiger partial charge in [0.25, 0.3) is 11.6 Å². The molecule has 0 fully saturated rings. The molecule has 1 aromatic carbocycles. The fraction of sp³-hybridized carbons (Fsp3) is 0.143. The van der Waals surface area contributed by atoms with Crippen molar-refractivity contribution >= 4 is 17.0 Å². The van der Waals surface area contributed by atoms with Crippen LogP contribution in [0.4, 0.5) is 0 Å². The minimum absolute atomic E-state index is 0.226. The Bertz CT molecular complexity index is 1050. The maximum absolute atomic E-state index is 13.2. The number of aromatic nitrogens is 3. The Hall–Kier alpha value is -3.54. The van der Waals surface area contributed by atoms with Gasteiger partial charge in [-0.25, -0.2) is 4.98 Å². The summed E-state index contributed by atoms with van der Waals surface area (Å²) >= 11 is 0. The summed E-state index contributed by atoms with van der Waals surface area (Å²) in [5.74, 6) is -0.226. The molecule has 134 valence electrons. The summed E-state index contributed by atoms with van der Waals surface area (Å²) < 4.78 is 5.24. The number of rotatable bonds is 4. The second kappa shape index (κ2) is 6.99. The molecule has 0 aliphatic rings. The SMILES string of the molecule is Cc1cc(C(=O)N[C@H](c2ccccc2)c2ccccn2)c2c(C)noc2n1. The van der Waals surface area contributed by atoms with E-state index in [1.807, 2.05) is 55.5 Å². The molecule has 6 heteroatoms. The Morgan fingerprint density at radius 1 is 1.07 bits per heavy atom. The predicted molar refractivity (Wildman–Crippen MR) is 101 cm³/mol. The third-order valence-corrected chi connectivity index (χ3v) is 4.38. The first-order valence-electron chi connectivity index (χ1n) is 8.64. The van der Waals surface area contributed by atoms with E-state index in [4.69, 9.17) is 4.52 Å². The second-order valence-electron chi connectivity index (χ2n) is 6.33. The highest BCUT2D eigenvalue weighted by Gasteiger charge is 2.22. The number of hydrogen-bond acceptors (Lipinski definition) is 5. The van der Waals surface area contributed by atoms with Crippen LogP contribution in [0.15, 0.2) is 65.3 Å². The van der Waals surface area contributed by atoms with E-state index in [2.05, 4.69) is 20.4 Å². The van der Waals surface area contributed by atoms with Crippen molar-refractivity contribution in [2.24, 2.45) is 0 Å². The van der Waals surface area contributed by atoms with Gasteiger partial charge in [-0.2, -0.15) is 0 Å². The van der Waals surface area contributed by atoms with Gasteiger partial charge in [-0.1, -0.05) is 41.6 Å². The largest absolute Gasteiger partial charge is 0.340 e. The van der Waals surface area contributed by atoms with E-state index >= 15 is 0 Å². The van der Waals surface area contributed by atoms with E-state index in [0.29, 0.717) is 28.1 Å². The summed E-state index contributed by atoms with van der Waals surface area (Å²) in [6.07, 6.45) is 1.72. The Kier molecular flexibility index (Phi) is 4.38. The van der Waals surface area contributed by atoms with Gasteiger partial charge in [-0.15, -0.1) is 0 Å². The molecule has 3 aromatic heterocycles. The molecule has 0 aliphatic carbocycles. The highest BCUT2D eigenvalue weighted by molar-refractivity contribution is 6.06. The van der Waals surface area contributed by atoms with Crippen molar-refractivity contribution in [2.45, 2.75) is 19.9 Å². The molecule has 0 spiro atoms. The fourth-order valence-electron chi connectivity index (χ4n) is 3.13. The Balaban J connectivity index is 1.76. The first-order chi connectivity index (χ1) is 13.1. The minimum atomic E-state index is -0.372. The highest BCUT2D eigenvalue weighted by Crippen LogP contribution is 2.25. The molecule has 0 saturated heterocycles. The van der Waals surface area contributed by atoms with Crippen molar-refractivity contribution < 1.29 is 9.32 Å². The Labute approximate surface area is 156 Å². The monoisotopic (exact) mass is 358 g/mol. The van der Waals surface area contributed by atoms with Gasteiger partial charge in [0.05, 0.1) is 28.4 Å². The number of carbonyl (C=O) groups excluding carboxylic acids is 1. The number of benzene rings is 1. The number of carbonyl (C=O) groups is 1. The van der Waals surface area contributed by atoms with Crippen LogP contribution in [0.25, 0.3) is 11.1 Å². The molecule has 6 nitrogen and oxygen atoms in total. The maximum atomic E-state index is 13.2. The number of amides is 1. The summed E-state index contributed by atoms with van der Waals surface area (Å²) in [5, 5.41) is 7.68. The smallest absolute Gasteiger partial charge is 0.258 e. The molecule has 0 bridgehead atoms. The molecule has 0 radical (unpaired) electrons. The summed E-state index contributed by atoms with van der Waals surface area (Å²) in [7, 11) is 0. The van der Waals surface area contributed by atoms with Gasteiger partial charge in [0.2, 0.25) is 0 Å². The van der Waals surface area contributed by atoms with Crippen molar-refractivity contribution in [1.82, 2.24) is 20.4 Å². The van der Waals surface area contributed by atoms with Gasteiger partial charge in [0, 0.05) is 11.9 Å². The Morgan fingerprint density at radius 2 is 1.85 bits per heavy atom. The number of nitrogens with one attached hydrogen (secondary N) is 1. The summed E-state index contributed by atoms with van der Waals surface area (Å²) in [5.41, 5.74) is 3.91. The minimum Gasteiger partial charge on any atom is -0.340 e. The average Bonchev–Trinajstić information content (AvgIpc) is 3.07. The van der Waals surface area contributed by atoms with E-state index in [1.165, 1.54) is 0 Å². The van der Waals surface area contributed by atoms with Crippen LogP contribution in [0.2, 0.25) is 0 Å². The maximum Gasteiger partial charge on any atom is 0.258 e. The van der Waals surface area contributed by atoms with Crippen LogP contribution in [0.5, 0.6) is 0 Å². The van der Waals surface area contributed by atoms with Crippen LogP contribution in [-0.2, 0) is 0 Å². The quantitative estimate of drug-likeness (QED) is 0.601. The lowest BCUT2D eigenvalue weighted by Crippen LogP contribution is -2.30. The first kappa shape index (κ1) is 16.9. The van der Waals surface area contributed by atoms with Crippen LogP contribution in [0.1, 0.15) is 39.0 Å². The van der Waals surface area contributed by atoms with Crippen LogP contribution in [0, 0.1) is 13.8 Å². The predicted octanol–water partition coefficient (Wildman–Crippen LogP) is 3.75. The average molecular weight is 358 g/mol. The van der Waals surface area contributed by atoms with E-state index < -0.39 is 0 Å². The molecule has 0 unspecified atom stereocenters. The zero-order valence-electron chi connectivity index (χ0n) is 15.0. The third kappa shape index (κ3) is 3.29. The van der Waals surface area contributed by atoms with E-state index in [-0.39, 0.29) is 11.9 Å². The van der Waals surface area contributed by atoms with Crippen molar-refractivity contribution in [3.8, 4) is 0 Å².